The Morgan fingerprint density at radius 3 is 2.79 bits per heavy atom. The molecular weight excluding hydrogens is 397 g/mol. The van der Waals surface area contributed by atoms with Gasteiger partial charge in [-0.1, -0.05) is 17.3 Å². The molecule has 3 aliphatic rings. The van der Waals surface area contributed by atoms with Crippen molar-refractivity contribution in [2.45, 2.75) is 12.5 Å². The van der Waals surface area contributed by atoms with Crippen molar-refractivity contribution in [3.05, 3.63) is 75.7 Å². The Kier molecular flexibility index (Phi) is 5.03. The highest BCUT2D eigenvalue weighted by molar-refractivity contribution is 6.30. The van der Waals surface area contributed by atoms with Crippen LogP contribution in [0, 0.1) is 0 Å². The number of hydrogen-bond acceptors (Lipinski definition) is 4. The van der Waals surface area contributed by atoms with Gasteiger partial charge >= 0.3 is 0 Å². The fourth-order valence-electron chi connectivity index (χ4n) is 3.56. The molecule has 8 heteroatoms. The number of ether oxygens (including phenoxy) is 1. The number of carbonyl (C=O) groups excluding carboxylic acids is 2. The predicted octanol–water partition coefficient (Wildman–Crippen LogP) is 2.68. The molecule has 2 aliphatic heterocycles. The molecular formula is C21H17ClFN3O3. The molecule has 0 radical (unpaired) electrons. The minimum atomic E-state index is -0.656. The maximum absolute atomic E-state index is 13.0. The number of primary amides is 1. The van der Waals surface area contributed by atoms with Crippen molar-refractivity contribution in [3.8, 4) is 5.75 Å². The van der Waals surface area contributed by atoms with Crippen molar-refractivity contribution in [2.24, 2.45) is 5.73 Å². The van der Waals surface area contributed by atoms with Crippen LogP contribution in [-0.2, 0) is 4.79 Å². The fraction of sp³-hybridized carbons (Fsp3) is 0.238. The van der Waals surface area contributed by atoms with Gasteiger partial charge in [0.05, 0.1) is 18.2 Å². The minimum Gasteiger partial charge on any atom is -0.483 e. The lowest BCUT2D eigenvalue weighted by molar-refractivity contribution is -0.132. The number of hydrogen-bond donors (Lipinski definition) is 1. The molecule has 1 fully saturated rings. The third kappa shape index (κ3) is 3.98. The minimum absolute atomic E-state index is 0.0144. The van der Waals surface area contributed by atoms with Crippen molar-refractivity contribution in [2.75, 3.05) is 19.7 Å². The number of nitrogens with zero attached hydrogens (tertiary/aromatic N) is 2. The van der Waals surface area contributed by atoms with E-state index in [1.54, 1.807) is 17.2 Å². The van der Waals surface area contributed by atoms with Crippen molar-refractivity contribution >= 4 is 23.4 Å². The van der Waals surface area contributed by atoms with Crippen molar-refractivity contribution < 1.29 is 18.7 Å². The molecule has 0 spiro atoms. The highest BCUT2D eigenvalue weighted by Gasteiger charge is 2.39. The molecule has 0 saturated carbocycles. The summed E-state index contributed by atoms with van der Waals surface area (Å²) < 4.78 is 18.5. The molecule has 1 aromatic carbocycles. The first-order valence-electron chi connectivity index (χ1n) is 8.98. The van der Waals surface area contributed by atoms with E-state index < -0.39 is 11.7 Å². The summed E-state index contributed by atoms with van der Waals surface area (Å²) in [6.07, 6.45) is 5.59. The molecule has 1 saturated heterocycles. The summed E-state index contributed by atoms with van der Waals surface area (Å²) in [6.45, 7) is 1.02. The molecule has 2 heterocycles. The molecule has 1 unspecified atom stereocenters. The summed E-state index contributed by atoms with van der Waals surface area (Å²) in [6, 6.07) is 4.47. The number of nitrogens with two attached hydrogens (primary N) is 1. The zero-order chi connectivity index (χ0) is 20.5. The van der Waals surface area contributed by atoms with E-state index in [1.807, 2.05) is 0 Å². The molecule has 1 atom stereocenters. The van der Waals surface area contributed by atoms with E-state index in [-0.39, 0.29) is 29.9 Å². The van der Waals surface area contributed by atoms with Gasteiger partial charge in [-0.15, -0.1) is 0 Å². The number of carbonyl (C=O) groups is 2. The van der Waals surface area contributed by atoms with Crippen molar-refractivity contribution in [3.63, 3.8) is 0 Å². The number of allylic oxidation sites excluding steroid dienone is 2. The largest absolute Gasteiger partial charge is 0.483 e. The third-order valence-electron chi connectivity index (χ3n) is 4.95. The Morgan fingerprint density at radius 1 is 1.31 bits per heavy atom. The second kappa shape index (κ2) is 7.64. The number of halogens is 2. The molecule has 148 valence electrons. The SMILES string of the molecule is NC(=O)c1ccc(Cl)cc1OCC(=O)N1C=C2CC1CN2CC1=C=C=C(F)C=C1. The lowest BCUT2D eigenvalue weighted by atomic mass is 10.2. The van der Waals surface area contributed by atoms with Crippen molar-refractivity contribution in [1.82, 2.24) is 9.80 Å². The van der Waals surface area contributed by atoms with Gasteiger partial charge in [-0.25, -0.2) is 0 Å². The van der Waals surface area contributed by atoms with Crippen LogP contribution < -0.4 is 10.5 Å². The van der Waals surface area contributed by atoms with Crippen LogP contribution in [0.25, 0.3) is 0 Å². The van der Waals surface area contributed by atoms with Gasteiger partial charge in [0, 0.05) is 35.5 Å². The van der Waals surface area contributed by atoms with Gasteiger partial charge in [0.15, 0.2) is 12.4 Å². The highest BCUT2D eigenvalue weighted by Crippen LogP contribution is 2.34. The van der Waals surface area contributed by atoms with E-state index in [0.717, 1.165) is 17.7 Å². The summed E-state index contributed by atoms with van der Waals surface area (Å²) in [5.74, 6) is -1.13. The van der Waals surface area contributed by atoms with Crippen LogP contribution in [-0.4, -0.2) is 47.4 Å². The highest BCUT2D eigenvalue weighted by atomic mass is 35.5. The number of rotatable bonds is 6. The first kappa shape index (κ1) is 19.1. The zero-order valence-corrected chi connectivity index (χ0v) is 16.1. The summed E-state index contributed by atoms with van der Waals surface area (Å²) in [5.41, 5.74) is 12.6. The Bertz CT molecular complexity index is 1060. The summed E-state index contributed by atoms with van der Waals surface area (Å²) in [5, 5.41) is 0.380. The van der Waals surface area contributed by atoms with E-state index >= 15 is 0 Å². The van der Waals surface area contributed by atoms with Crippen LogP contribution in [0.2, 0.25) is 5.02 Å². The van der Waals surface area contributed by atoms with E-state index in [1.165, 1.54) is 24.3 Å². The standard InChI is InChI=1S/C21H17ClFN3O3/c22-14-3-6-18(21(24)28)19(7-14)29-12-20(27)26-11-16-8-17(26)10-25(16)9-13-1-4-15(23)5-2-13/h1,3-4,6-7,11,17H,8-10,12H2,(H2,24,28). The number of amides is 2. The Hall–Kier alpha value is -3.24. The van der Waals surface area contributed by atoms with Gasteiger partial charge in [-0.05, 0) is 36.1 Å². The molecule has 6 nitrogen and oxygen atoms in total. The van der Waals surface area contributed by atoms with Crippen LogP contribution in [0.3, 0.4) is 0 Å². The summed E-state index contributed by atoms with van der Waals surface area (Å²) in [7, 11) is 0. The second-order valence-corrected chi connectivity index (χ2v) is 7.35. The van der Waals surface area contributed by atoms with Crippen LogP contribution in [0.5, 0.6) is 5.75 Å². The smallest absolute Gasteiger partial charge is 0.264 e. The molecule has 29 heavy (non-hydrogen) atoms. The van der Waals surface area contributed by atoms with Gasteiger partial charge in [-0.3, -0.25) is 9.59 Å². The van der Waals surface area contributed by atoms with Crippen molar-refractivity contribution in [1.29, 1.82) is 0 Å². The van der Waals surface area contributed by atoms with E-state index in [9.17, 15) is 14.0 Å². The van der Waals surface area contributed by atoms with Gasteiger partial charge in [0.1, 0.15) is 5.75 Å². The quantitative estimate of drug-likeness (QED) is 0.727. The zero-order valence-electron chi connectivity index (χ0n) is 15.3. The Labute approximate surface area is 171 Å². The molecule has 2 N–H and O–H groups in total. The number of benzene rings is 1. The van der Waals surface area contributed by atoms with Crippen LogP contribution in [0.1, 0.15) is 16.8 Å². The summed E-state index contributed by atoms with van der Waals surface area (Å²) >= 11 is 5.94. The molecule has 2 bridgehead atoms. The average molecular weight is 414 g/mol. The maximum atomic E-state index is 13.0. The van der Waals surface area contributed by atoms with Gasteiger partial charge in [-0.2, -0.15) is 4.39 Å². The topological polar surface area (TPSA) is 75.9 Å². The first-order valence-corrected chi connectivity index (χ1v) is 9.36. The molecule has 1 aromatic rings. The fourth-order valence-corrected chi connectivity index (χ4v) is 3.73. The lowest BCUT2D eigenvalue weighted by Crippen LogP contribution is -2.42. The van der Waals surface area contributed by atoms with E-state index in [4.69, 9.17) is 22.1 Å². The first-order chi connectivity index (χ1) is 13.9. The molecule has 4 rings (SSSR count). The van der Waals surface area contributed by atoms with Gasteiger partial charge < -0.3 is 20.3 Å². The van der Waals surface area contributed by atoms with E-state index in [2.05, 4.69) is 16.4 Å². The van der Waals surface area contributed by atoms with E-state index in [0.29, 0.717) is 18.1 Å². The third-order valence-corrected chi connectivity index (χ3v) is 5.18. The second-order valence-electron chi connectivity index (χ2n) is 6.91. The lowest BCUT2D eigenvalue weighted by Gasteiger charge is -2.29. The van der Waals surface area contributed by atoms with Gasteiger partial charge in [0.2, 0.25) is 0 Å². The monoisotopic (exact) mass is 413 g/mol. The predicted molar refractivity (Wildman–Crippen MR) is 105 cm³/mol. The molecule has 1 aliphatic carbocycles. The van der Waals surface area contributed by atoms with Crippen LogP contribution >= 0.6 is 11.6 Å². The Morgan fingerprint density at radius 2 is 2.14 bits per heavy atom. The maximum Gasteiger partial charge on any atom is 0.264 e. The Balaban J connectivity index is 1.40. The normalized spacial score (nSPS) is 19.2. The average Bonchev–Trinajstić information content (AvgIpc) is 3.28. The number of fused-ring (bicyclic) bond motifs is 2. The molecule has 0 aromatic heterocycles. The number of likely N-dealkylation sites (tertiary alicyclic amines) is 1. The van der Waals surface area contributed by atoms with Crippen LogP contribution in [0.4, 0.5) is 4.39 Å². The summed E-state index contributed by atoms with van der Waals surface area (Å²) in [4.78, 5) is 27.9. The molecule has 2 amide bonds. The van der Waals surface area contributed by atoms with Gasteiger partial charge in [0.25, 0.3) is 11.8 Å². The van der Waals surface area contributed by atoms with Crippen LogP contribution in [0.15, 0.2) is 65.1 Å².